The van der Waals surface area contributed by atoms with Gasteiger partial charge in [0.05, 0.1) is 6.54 Å². The van der Waals surface area contributed by atoms with Gasteiger partial charge in [-0.05, 0) is 34.8 Å². The molecule has 2 aromatic rings. The molecule has 5 nitrogen and oxygen atoms in total. The minimum atomic E-state index is -0.508. The van der Waals surface area contributed by atoms with Crippen LogP contribution in [0.2, 0.25) is 0 Å². The molecule has 0 radical (unpaired) electrons. The van der Waals surface area contributed by atoms with E-state index in [2.05, 4.69) is 32.1 Å². The number of aryl methyl sites for hydroxylation is 3. The van der Waals surface area contributed by atoms with E-state index >= 15 is 0 Å². The first-order chi connectivity index (χ1) is 8.56. The van der Waals surface area contributed by atoms with Gasteiger partial charge in [0, 0.05) is 0 Å². The Bertz CT molecular complexity index is 676. The summed E-state index contributed by atoms with van der Waals surface area (Å²) in [7, 11) is 0. The van der Waals surface area contributed by atoms with Crippen LogP contribution < -0.4 is 11.2 Å². The third-order valence-electron chi connectivity index (χ3n) is 2.55. The van der Waals surface area contributed by atoms with Crippen molar-refractivity contribution in [3.63, 3.8) is 0 Å². The number of halogens is 1. The summed E-state index contributed by atoms with van der Waals surface area (Å²) in [5, 5.41) is 3.89. The molecule has 0 spiro atoms. The Kier molecular flexibility index (Phi) is 3.76. The van der Waals surface area contributed by atoms with Crippen LogP contribution in [-0.4, -0.2) is 14.8 Å². The van der Waals surface area contributed by atoms with Gasteiger partial charge in [-0.15, -0.1) is 0 Å². The number of aromatic nitrogens is 3. The fourth-order valence-electron chi connectivity index (χ4n) is 1.66. The molecule has 94 valence electrons. The molecule has 6 heteroatoms. The summed E-state index contributed by atoms with van der Waals surface area (Å²) in [4.78, 5) is 24.8. The van der Waals surface area contributed by atoms with Gasteiger partial charge in [0.2, 0.25) is 0 Å². The van der Waals surface area contributed by atoms with Crippen LogP contribution in [0.15, 0.2) is 38.5 Å². The average molecular weight is 310 g/mol. The molecule has 0 saturated heterocycles. The van der Waals surface area contributed by atoms with Crippen LogP contribution in [0.3, 0.4) is 0 Å². The zero-order valence-corrected chi connectivity index (χ0v) is 11.4. The Labute approximate surface area is 112 Å². The van der Waals surface area contributed by atoms with Crippen molar-refractivity contribution in [2.45, 2.75) is 19.9 Å². The van der Waals surface area contributed by atoms with Crippen LogP contribution in [0.4, 0.5) is 0 Å². The van der Waals surface area contributed by atoms with Crippen LogP contribution in [0.5, 0.6) is 0 Å². The highest BCUT2D eigenvalue weighted by atomic mass is 79.9. The van der Waals surface area contributed by atoms with Crippen molar-refractivity contribution in [1.29, 1.82) is 0 Å². The van der Waals surface area contributed by atoms with Gasteiger partial charge in [-0.25, -0.2) is 9.48 Å². The molecule has 0 unspecified atom stereocenters. The van der Waals surface area contributed by atoms with Crippen molar-refractivity contribution in [2.24, 2.45) is 0 Å². The quantitative estimate of drug-likeness (QED) is 0.927. The number of hydrogen-bond donors (Lipinski definition) is 1. The maximum atomic E-state index is 11.5. The van der Waals surface area contributed by atoms with E-state index in [1.54, 1.807) is 0 Å². The topological polar surface area (TPSA) is 67.8 Å². The highest BCUT2D eigenvalue weighted by molar-refractivity contribution is 9.10. The van der Waals surface area contributed by atoms with Crippen LogP contribution in [0.1, 0.15) is 11.1 Å². The summed E-state index contributed by atoms with van der Waals surface area (Å²) in [6.45, 7) is 2.45. The van der Waals surface area contributed by atoms with Gasteiger partial charge in [0.1, 0.15) is 0 Å². The molecule has 1 aromatic carbocycles. The lowest BCUT2D eigenvalue weighted by Crippen LogP contribution is -2.33. The smallest absolute Gasteiger partial charge is 0.270 e. The number of hydrogen-bond acceptors (Lipinski definition) is 3. The third-order valence-corrected chi connectivity index (χ3v) is 3.06. The number of H-pyrrole nitrogens is 1. The van der Waals surface area contributed by atoms with Gasteiger partial charge in [-0.2, -0.15) is 5.10 Å². The molecule has 0 fully saturated rings. The van der Waals surface area contributed by atoms with Gasteiger partial charge in [0.25, 0.3) is 5.56 Å². The van der Waals surface area contributed by atoms with E-state index in [1.807, 2.05) is 25.1 Å². The Balaban J connectivity index is 2.18. The number of nitrogens with zero attached hydrogens (tertiary/aromatic N) is 2. The van der Waals surface area contributed by atoms with Crippen molar-refractivity contribution in [3.8, 4) is 0 Å². The molecule has 2 rings (SSSR count). The van der Waals surface area contributed by atoms with Crippen molar-refractivity contribution < 1.29 is 0 Å². The minimum Gasteiger partial charge on any atom is -0.270 e. The Morgan fingerprint density at radius 1 is 1.39 bits per heavy atom. The van der Waals surface area contributed by atoms with Crippen molar-refractivity contribution in [2.75, 3.05) is 0 Å². The molecule has 0 amide bonds. The Morgan fingerprint density at radius 2 is 2.17 bits per heavy atom. The molecule has 1 N–H and O–H groups in total. The lowest BCUT2D eigenvalue weighted by atomic mass is 10.1. The van der Waals surface area contributed by atoms with Crippen molar-refractivity contribution >= 4 is 15.9 Å². The zero-order valence-electron chi connectivity index (χ0n) is 9.81. The van der Waals surface area contributed by atoms with E-state index < -0.39 is 11.2 Å². The zero-order chi connectivity index (χ0) is 13.1. The molecular weight excluding hydrogens is 298 g/mol. The minimum absolute atomic E-state index is 0.117. The third kappa shape index (κ3) is 2.95. The summed E-state index contributed by atoms with van der Waals surface area (Å²) in [6.07, 6.45) is 0.688. The number of rotatable bonds is 3. The Hall–Kier alpha value is -1.69. The fourth-order valence-corrected chi connectivity index (χ4v) is 1.95. The summed E-state index contributed by atoms with van der Waals surface area (Å²) >= 11 is 3.00. The molecule has 0 aliphatic rings. The van der Waals surface area contributed by atoms with Crippen LogP contribution in [0.25, 0.3) is 0 Å². The van der Waals surface area contributed by atoms with Gasteiger partial charge in [0.15, 0.2) is 4.60 Å². The highest BCUT2D eigenvalue weighted by Crippen LogP contribution is 2.05. The van der Waals surface area contributed by atoms with Gasteiger partial charge in [-0.1, -0.05) is 29.8 Å². The molecule has 18 heavy (non-hydrogen) atoms. The predicted octanol–water partition coefficient (Wildman–Crippen LogP) is 1.25. The van der Waals surface area contributed by atoms with E-state index in [4.69, 9.17) is 0 Å². The number of benzene rings is 1. The van der Waals surface area contributed by atoms with Gasteiger partial charge >= 0.3 is 5.69 Å². The first kappa shape index (κ1) is 12.8. The van der Waals surface area contributed by atoms with Gasteiger partial charge in [-0.3, -0.25) is 9.78 Å². The van der Waals surface area contributed by atoms with Crippen LogP contribution in [0, 0.1) is 6.92 Å². The van der Waals surface area contributed by atoms with E-state index in [9.17, 15) is 9.59 Å². The average Bonchev–Trinajstić information content (AvgIpc) is 2.32. The van der Waals surface area contributed by atoms with E-state index in [0.717, 1.165) is 5.56 Å². The monoisotopic (exact) mass is 309 g/mol. The molecule has 0 atom stereocenters. The lowest BCUT2D eigenvalue weighted by Gasteiger charge is -2.05. The maximum Gasteiger partial charge on any atom is 0.344 e. The normalized spacial score (nSPS) is 10.6. The molecule has 1 aromatic heterocycles. The largest absolute Gasteiger partial charge is 0.344 e. The standard InChI is InChI=1S/C12H12BrN3O2/c1-8-3-2-4-9(7-8)5-6-16-12(18)14-11(17)10(13)15-16/h2-4,7H,5-6H2,1H3,(H,14,17,18). The second kappa shape index (κ2) is 5.30. The van der Waals surface area contributed by atoms with E-state index in [-0.39, 0.29) is 4.60 Å². The summed E-state index contributed by atoms with van der Waals surface area (Å²) in [5.41, 5.74) is 1.31. The van der Waals surface area contributed by atoms with Crippen molar-refractivity contribution in [3.05, 3.63) is 60.8 Å². The number of nitrogens with one attached hydrogen (secondary N) is 1. The summed E-state index contributed by atoms with van der Waals surface area (Å²) < 4.78 is 1.36. The lowest BCUT2D eigenvalue weighted by molar-refractivity contribution is 0.548. The predicted molar refractivity (Wildman–Crippen MR) is 71.7 cm³/mol. The molecule has 1 heterocycles. The first-order valence-electron chi connectivity index (χ1n) is 5.49. The number of aromatic amines is 1. The SMILES string of the molecule is Cc1cccc(CCn2nc(Br)c(=O)[nH]c2=O)c1. The van der Waals surface area contributed by atoms with E-state index in [1.165, 1.54) is 10.2 Å². The van der Waals surface area contributed by atoms with Crippen LogP contribution in [-0.2, 0) is 13.0 Å². The second-order valence-corrected chi connectivity index (χ2v) is 4.76. The molecule has 0 aliphatic carbocycles. The molecule has 0 saturated carbocycles. The highest BCUT2D eigenvalue weighted by Gasteiger charge is 2.03. The first-order valence-corrected chi connectivity index (χ1v) is 6.28. The Morgan fingerprint density at radius 3 is 2.89 bits per heavy atom. The molecular formula is C12H12BrN3O2. The van der Waals surface area contributed by atoms with Gasteiger partial charge < -0.3 is 0 Å². The van der Waals surface area contributed by atoms with Crippen molar-refractivity contribution in [1.82, 2.24) is 14.8 Å². The maximum absolute atomic E-state index is 11.5. The second-order valence-electron chi connectivity index (χ2n) is 4.01. The van der Waals surface area contributed by atoms with Crippen LogP contribution >= 0.6 is 15.9 Å². The van der Waals surface area contributed by atoms with E-state index in [0.29, 0.717) is 13.0 Å². The summed E-state index contributed by atoms with van der Waals surface area (Å²) in [5.74, 6) is 0. The fraction of sp³-hybridized carbons (Fsp3) is 0.250. The molecule has 0 bridgehead atoms. The molecule has 0 aliphatic heterocycles. The summed E-state index contributed by atoms with van der Waals surface area (Å²) in [6, 6.07) is 8.05.